The van der Waals surface area contributed by atoms with Gasteiger partial charge in [0.2, 0.25) is 0 Å². The summed E-state index contributed by atoms with van der Waals surface area (Å²) in [6.45, 7) is 0. The number of fused-ring (bicyclic) bond motifs is 1. The van der Waals surface area contributed by atoms with Gasteiger partial charge in [-0.25, -0.2) is 4.39 Å². The molecule has 21 heavy (non-hydrogen) atoms. The molecule has 104 valence electrons. The topological polar surface area (TPSA) is 39.2 Å². The van der Waals surface area contributed by atoms with E-state index in [1.54, 1.807) is 36.5 Å². The summed E-state index contributed by atoms with van der Waals surface area (Å²) < 4.78 is 19.1. The van der Waals surface area contributed by atoms with Crippen LogP contribution in [0.15, 0.2) is 54.7 Å². The molecule has 4 heteroatoms. The van der Waals surface area contributed by atoms with Crippen LogP contribution >= 0.6 is 0 Å². The Bertz CT molecular complexity index is 830. The molecule has 0 aliphatic heterocycles. The maximum Gasteiger partial charge on any atom is 0.196 e. The van der Waals surface area contributed by atoms with Gasteiger partial charge in [0.15, 0.2) is 17.3 Å². The normalized spacial score (nSPS) is 10.6. The van der Waals surface area contributed by atoms with E-state index in [1.165, 1.54) is 19.2 Å². The van der Waals surface area contributed by atoms with Crippen molar-refractivity contribution >= 4 is 16.7 Å². The number of benzene rings is 2. The Hall–Kier alpha value is -2.75. The van der Waals surface area contributed by atoms with Crippen LogP contribution in [0.3, 0.4) is 0 Å². The van der Waals surface area contributed by atoms with Crippen molar-refractivity contribution < 1.29 is 13.9 Å². The van der Waals surface area contributed by atoms with Crippen molar-refractivity contribution in [2.24, 2.45) is 0 Å². The highest BCUT2D eigenvalue weighted by Crippen LogP contribution is 2.23. The van der Waals surface area contributed by atoms with Crippen LogP contribution < -0.4 is 4.74 Å². The fourth-order valence-corrected chi connectivity index (χ4v) is 2.22. The zero-order chi connectivity index (χ0) is 14.8. The van der Waals surface area contributed by atoms with Crippen LogP contribution in [0.1, 0.15) is 15.9 Å². The molecule has 3 rings (SSSR count). The number of halogens is 1. The zero-order valence-electron chi connectivity index (χ0n) is 11.3. The summed E-state index contributed by atoms with van der Waals surface area (Å²) in [7, 11) is 1.37. The number of hydrogen-bond donors (Lipinski definition) is 0. The number of methoxy groups -OCH3 is 1. The van der Waals surface area contributed by atoms with Crippen LogP contribution in [-0.4, -0.2) is 17.9 Å². The van der Waals surface area contributed by atoms with Crippen LogP contribution in [0.25, 0.3) is 10.9 Å². The standard InChI is InChI=1S/C17H12FNO2/c1-21-15-6-2-5-13(16(15)18)17(20)12-7-8-14-11(10-12)4-3-9-19-14/h2-10H,1H3. The Morgan fingerprint density at radius 3 is 2.81 bits per heavy atom. The predicted molar refractivity (Wildman–Crippen MR) is 78.1 cm³/mol. The summed E-state index contributed by atoms with van der Waals surface area (Å²) in [6, 6.07) is 13.3. The van der Waals surface area contributed by atoms with Crippen molar-refractivity contribution in [3.63, 3.8) is 0 Å². The van der Waals surface area contributed by atoms with Gasteiger partial charge in [0, 0.05) is 17.1 Å². The third-order valence-corrected chi connectivity index (χ3v) is 3.29. The number of nitrogens with zero attached hydrogens (tertiary/aromatic N) is 1. The molecule has 0 spiro atoms. The summed E-state index contributed by atoms with van der Waals surface area (Å²) in [4.78, 5) is 16.7. The number of aromatic nitrogens is 1. The third kappa shape index (κ3) is 2.36. The molecule has 0 amide bonds. The zero-order valence-corrected chi connectivity index (χ0v) is 11.3. The molecule has 0 atom stereocenters. The summed E-state index contributed by atoms with van der Waals surface area (Å²) in [6.07, 6.45) is 1.69. The molecule has 0 saturated carbocycles. The van der Waals surface area contributed by atoms with Crippen molar-refractivity contribution in [1.29, 1.82) is 0 Å². The first-order valence-electron chi connectivity index (χ1n) is 6.42. The van der Waals surface area contributed by atoms with Crippen molar-refractivity contribution in [3.05, 3.63) is 71.7 Å². The number of ether oxygens (including phenoxy) is 1. The van der Waals surface area contributed by atoms with Gasteiger partial charge in [0.1, 0.15) is 0 Å². The molecule has 0 bridgehead atoms. The van der Waals surface area contributed by atoms with E-state index in [0.717, 1.165) is 10.9 Å². The molecule has 0 fully saturated rings. The lowest BCUT2D eigenvalue weighted by Gasteiger charge is -2.07. The molecular weight excluding hydrogens is 269 g/mol. The Labute approximate surface area is 121 Å². The van der Waals surface area contributed by atoms with Gasteiger partial charge in [-0.15, -0.1) is 0 Å². The molecule has 0 aliphatic rings. The Balaban J connectivity index is 2.08. The quantitative estimate of drug-likeness (QED) is 0.688. The molecule has 0 saturated heterocycles. The maximum absolute atomic E-state index is 14.2. The van der Waals surface area contributed by atoms with Gasteiger partial charge >= 0.3 is 0 Å². The Morgan fingerprint density at radius 2 is 2.00 bits per heavy atom. The molecule has 1 aromatic heterocycles. The summed E-state index contributed by atoms with van der Waals surface area (Å²) >= 11 is 0. The predicted octanol–water partition coefficient (Wildman–Crippen LogP) is 3.61. The first-order chi connectivity index (χ1) is 10.2. The molecule has 0 aliphatic carbocycles. The molecule has 1 heterocycles. The van der Waals surface area contributed by atoms with Gasteiger partial charge in [-0.3, -0.25) is 9.78 Å². The molecule has 3 nitrogen and oxygen atoms in total. The Morgan fingerprint density at radius 1 is 1.14 bits per heavy atom. The van der Waals surface area contributed by atoms with E-state index in [4.69, 9.17) is 4.74 Å². The van der Waals surface area contributed by atoms with Gasteiger partial charge in [0.05, 0.1) is 18.2 Å². The molecule has 0 unspecified atom stereocenters. The van der Waals surface area contributed by atoms with Crippen LogP contribution in [0.2, 0.25) is 0 Å². The van der Waals surface area contributed by atoms with E-state index in [0.29, 0.717) is 5.56 Å². The van der Waals surface area contributed by atoms with Gasteiger partial charge < -0.3 is 4.74 Å². The summed E-state index contributed by atoms with van der Waals surface area (Å²) in [5.41, 5.74) is 1.21. The number of carbonyl (C=O) groups is 1. The molecule has 3 aromatic rings. The fraction of sp³-hybridized carbons (Fsp3) is 0.0588. The highest BCUT2D eigenvalue weighted by Gasteiger charge is 2.17. The minimum atomic E-state index is -0.642. The smallest absolute Gasteiger partial charge is 0.196 e. The average molecular weight is 281 g/mol. The first-order valence-corrected chi connectivity index (χ1v) is 6.42. The maximum atomic E-state index is 14.2. The molecule has 2 aromatic carbocycles. The van der Waals surface area contributed by atoms with Crippen molar-refractivity contribution in [1.82, 2.24) is 4.98 Å². The van der Waals surface area contributed by atoms with Gasteiger partial charge in [-0.2, -0.15) is 0 Å². The number of pyridine rings is 1. The lowest BCUT2D eigenvalue weighted by molar-refractivity contribution is 0.103. The van der Waals surface area contributed by atoms with Crippen molar-refractivity contribution in [2.75, 3.05) is 7.11 Å². The van der Waals surface area contributed by atoms with Crippen LogP contribution in [-0.2, 0) is 0 Å². The number of ketones is 1. The largest absolute Gasteiger partial charge is 0.494 e. The molecule has 0 N–H and O–H groups in total. The van der Waals surface area contributed by atoms with Crippen molar-refractivity contribution in [2.45, 2.75) is 0 Å². The summed E-state index contributed by atoms with van der Waals surface area (Å²) in [5, 5.41) is 0.839. The minimum absolute atomic E-state index is 0.00223. The van der Waals surface area contributed by atoms with Gasteiger partial charge in [-0.05, 0) is 36.4 Å². The van der Waals surface area contributed by atoms with E-state index in [2.05, 4.69) is 4.98 Å². The Kier molecular flexibility index (Phi) is 3.36. The second kappa shape index (κ2) is 5.32. The lowest BCUT2D eigenvalue weighted by atomic mass is 10.0. The first kappa shape index (κ1) is 13.2. The average Bonchev–Trinajstić information content (AvgIpc) is 2.54. The van der Waals surface area contributed by atoms with Crippen LogP contribution in [0.4, 0.5) is 4.39 Å². The molecular formula is C17H12FNO2. The third-order valence-electron chi connectivity index (χ3n) is 3.29. The van der Waals surface area contributed by atoms with Crippen LogP contribution in [0.5, 0.6) is 5.75 Å². The second-order valence-corrected chi connectivity index (χ2v) is 4.56. The van der Waals surface area contributed by atoms with E-state index >= 15 is 0 Å². The highest BCUT2D eigenvalue weighted by atomic mass is 19.1. The summed E-state index contributed by atoms with van der Waals surface area (Å²) in [5.74, 6) is -0.961. The second-order valence-electron chi connectivity index (χ2n) is 4.56. The minimum Gasteiger partial charge on any atom is -0.494 e. The molecule has 0 radical (unpaired) electrons. The SMILES string of the molecule is COc1cccc(C(=O)c2ccc3ncccc3c2)c1F. The van der Waals surface area contributed by atoms with Gasteiger partial charge in [-0.1, -0.05) is 12.1 Å². The number of carbonyl (C=O) groups excluding carboxylic acids is 1. The fourth-order valence-electron chi connectivity index (χ4n) is 2.22. The van der Waals surface area contributed by atoms with Crippen molar-refractivity contribution in [3.8, 4) is 5.75 Å². The number of hydrogen-bond acceptors (Lipinski definition) is 3. The van der Waals surface area contributed by atoms with Crippen LogP contribution in [0, 0.1) is 5.82 Å². The van der Waals surface area contributed by atoms with E-state index in [-0.39, 0.29) is 17.1 Å². The van der Waals surface area contributed by atoms with E-state index < -0.39 is 5.82 Å². The monoisotopic (exact) mass is 281 g/mol. The lowest BCUT2D eigenvalue weighted by Crippen LogP contribution is -2.05. The van der Waals surface area contributed by atoms with E-state index in [1.807, 2.05) is 6.07 Å². The number of rotatable bonds is 3. The van der Waals surface area contributed by atoms with E-state index in [9.17, 15) is 9.18 Å². The van der Waals surface area contributed by atoms with Gasteiger partial charge in [0.25, 0.3) is 0 Å². The highest BCUT2D eigenvalue weighted by molar-refractivity contribution is 6.10.